The second kappa shape index (κ2) is 8.93. The van der Waals surface area contributed by atoms with Gasteiger partial charge < -0.3 is 35.0 Å². The molecule has 1 aliphatic rings. The van der Waals surface area contributed by atoms with Crippen molar-refractivity contribution in [1.29, 1.82) is 0 Å². The second-order valence-corrected chi connectivity index (χ2v) is 5.87. The highest BCUT2D eigenvalue weighted by Crippen LogP contribution is 2.31. The lowest BCUT2D eigenvalue weighted by atomic mass is 9.99. The van der Waals surface area contributed by atoms with E-state index in [1.165, 1.54) is 25.1 Å². The Bertz CT molecular complexity index is 682. The van der Waals surface area contributed by atoms with Crippen LogP contribution in [0.1, 0.15) is 12.5 Å². The number of rotatable bonds is 6. The van der Waals surface area contributed by atoms with E-state index in [0.717, 1.165) is 0 Å². The minimum absolute atomic E-state index is 0.00856. The number of hydrogen-bond donors (Lipinski definition) is 5. The van der Waals surface area contributed by atoms with Crippen molar-refractivity contribution in [3.05, 3.63) is 42.0 Å². The van der Waals surface area contributed by atoms with Crippen LogP contribution in [0.2, 0.25) is 0 Å². The molecule has 2 rings (SSSR count). The molecule has 1 fully saturated rings. The lowest BCUT2D eigenvalue weighted by Crippen LogP contribution is -2.60. The molecule has 0 saturated carbocycles. The summed E-state index contributed by atoms with van der Waals surface area (Å²) in [7, 11) is 0. The maximum atomic E-state index is 10.8. The Morgan fingerprint density at radius 2 is 1.92 bits per heavy atom. The van der Waals surface area contributed by atoms with Crippen LogP contribution >= 0.6 is 0 Å². The van der Waals surface area contributed by atoms with Crippen LogP contribution in [0.25, 0.3) is 6.08 Å². The van der Waals surface area contributed by atoms with Crippen molar-refractivity contribution in [2.45, 2.75) is 37.6 Å². The number of phenols is 1. The molecule has 5 atom stereocenters. The van der Waals surface area contributed by atoms with E-state index in [1.54, 1.807) is 24.3 Å². The topological polar surface area (TPSA) is 137 Å². The first-order valence-corrected chi connectivity index (χ1v) is 7.99. The molecule has 0 unspecified atom stereocenters. The predicted molar refractivity (Wildman–Crippen MR) is 91.4 cm³/mol. The van der Waals surface area contributed by atoms with Gasteiger partial charge in [0.1, 0.15) is 24.4 Å². The predicted octanol–water partition coefficient (Wildman–Crippen LogP) is -0.271. The highest BCUT2D eigenvalue weighted by molar-refractivity contribution is 5.87. The van der Waals surface area contributed by atoms with Crippen molar-refractivity contribution in [1.82, 2.24) is 0 Å². The lowest BCUT2D eigenvalue weighted by molar-refractivity contribution is -0.277. The summed E-state index contributed by atoms with van der Waals surface area (Å²) in [4.78, 5) is 10.8. The third kappa shape index (κ3) is 4.90. The van der Waals surface area contributed by atoms with Crippen molar-refractivity contribution < 1.29 is 39.8 Å². The Hall–Kier alpha value is -2.23. The summed E-state index contributed by atoms with van der Waals surface area (Å²) in [5, 5.41) is 48.7. The Balaban J connectivity index is 2.08. The molecule has 8 heteroatoms. The van der Waals surface area contributed by atoms with E-state index in [1.807, 2.05) is 0 Å². The summed E-state index contributed by atoms with van der Waals surface area (Å²) >= 11 is 0. The van der Waals surface area contributed by atoms with Gasteiger partial charge in [0.05, 0.1) is 6.61 Å². The van der Waals surface area contributed by atoms with E-state index in [-0.39, 0.29) is 17.3 Å². The molecule has 0 bridgehead atoms. The molecule has 0 radical (unpaired) electrons. The van der Waals surface area contributed by atoms with Crippen LogP contribution in [-0.4, -0.2) is 68.6 Å². The fourth-order valence-electron chi connectivity index (χ4n) is 2.39. The molecule has 0 spiro atoms. The van der Waals surface area contributed by atoms with Crippen LogP contribution in [0.5, 0.6) is 11.5 Å². The highest BCUT2D eigenvalue weighted by Gasteiger charge is 2.44. The highest BCUT2D eigenvalue weighted by atomic mass is 16.7. The van der Waals surface area contributed by atoms with E-state index in [0.29, 0.717) is 5.56 Å². The molecule has 1 aliphatic heterocycles. The molecular formula is C18H22O8. The summed E-state index contributed by atoms with van der Waals surface area (Å²) in [5.74, 6) is -0.328. The largest absolute Gasteiger partial charge is 0.504 e. The number of aliphatic hydroxyl groups is 4. The first-order chi connectivity index (χ1) is 12.3. The zero-order valence-electron chi connectivity index (χ0n) is 14.1. The van der Waals surface area contributed by atoms with Gasteiger partial charge in [-0.05, 0) is 30.7 Å². The van der Waals surface area contributed by atoms with Crippen LogP contribution in [0, 0.1) is 0 Å². The smallest absolute Gasteiger partial charge is 0.229 e. The van der Waals surface area contributed by atoms with Gasteiger partial charge in [0.25, 0.3) is 0 Å². The number of phenolic OH excluding ortho intramolecular Hbond substituents is 1. The van der Waals surface area contributed by atoms with Crippen LogP contribution in [0.3, 0.4) is 0 Å². The van der Waals surface area contributed by atoms with Crippen molar-refractivity contribution in [3.8, 4) is 11.5 Å². The van der Waals surface area contributed by atoms with Crippen LogP contribution in [0.15, 0.2) is 36.4 Å². The number of allylic oxidation sites excluding steroid dienone is 3. The number of carbonyl (C=O) groups is 1. The second-order valence-electron chi connectivity index (χ2n) is 5.87. The third-order valence-corrected chi connectivity index (χ3v) is 3.81. The van der Waals surface area contributed by atoms with Crippen LogP contribution in [0.4, 0.5) is 0 Å². The maximum Gasteiger partial charge on any atom is 0.229 e. The van der Waals surface area contributed by atoms with E-state index < -0.39 is 37.3 Å². The van der Waals surface area contributed by atoms with E-state index in [4.69, 9.17) is 14.6 Å². The Kier molecular flexibility index (Phi) is 6.90. The molecule has 8 nitrogen and oxygen atoms in total. The van der Waals surface area contributed by atoms with Gasteiger partial charge >= 0.3 is 0 Å². The molecular weight excluding hydrogens is 344 g/mol. The number of aliphatic hydroxyl groups excluding tert-OH is 4. The number of carbonyl (C=O) groups excluding carboxylic acids is 1. The monoisotopic (exact) mass is 366 g/mol. The molecule has 1 aromatic rings. The summed E-state index contributed by atoms with van der Waals surface area (Å²) in [6, 6.07) is 4.46. The molecule has 1 heterocycles. The Morgan fingerprint density at radius 1 is 1.19 bits per heavy atom. The third-order valence-electron chi connectivity index (χ3n) is 3.81. The Labute approximate surface area is 150 Å². The van der Waals surface area contributed by atoms with Gasteiger partial charge in [-0.2, -0.15) is 0 Å². The lowest BCUT2D eigenvalue weighted by Gasteiger charge is -2.39. The number of ether oxygens (including phenoxy) is 2. The summed E-state index contributed by atoms with van der Waals surface area (Å²) in [5.41, 5.74) is 0.636. The first-order valence-electron chi connectivity index (χ1n) is 7.99. The van der Waals surface area contributed by atoms with Crippen molar-refractivity contribution >= 4 is 11.9 Å². The van der Waals surface area contributed by atoms with Gasteiger partial charge in [-0.25, -0.2) is 0 Å². The molecule has 0 aliphatic carbocycles. The molecule has 26 heavy (non-hydrogen) atoms. The molecule has 0 amide bonds. The normalized spacial score (nSPS) is 29.3. The number of hydrogen-bond acceptors (Lipinski definition) is 8. The average Bonchev–Trinajstić information content (AvgIpc) is 2.61. The zero-order valence-corrected chi connectivity index (χ0v) is 14.1. The van der Waals surface area contributed by atoms with Crippen molar-refractivity contribution in [3.63, 3.8) is 0 Å². The molecule has 5 N–H and O–H groups in total. The SMILES string of the molecule is CC(=O)/C=C/C=C/c1ccc(O[C@@H]2O[C@H](CO)[C@@H](O)[C@H](O)[C@H]2O)c(O)c1. The molecule has 0 aromatic heterocycles. The summed E-state index contributed by atoms with van der Waals surface area (Å²) in [6.45, 7) is 0.857. The molecule has 1 saturated heterocycles. The average molecular weight is 366 g/mol. The number of ketones is 1. The van der Waals surface area contributed by atoms with Crippen molar-refractivity contribution in [2.24, 2.45) is 0 Å². The Morgan fingerprint density at radius 3 is 2.54 bits per heavy atom. The van der Waals surface area contributed by atoms with E-state index in [2.05, 4.69) is 0 Å². The standard InChI is InChI=1S/C18H22O8/c1-10(20)4-2-3-5-11-6-7-13(12(21)8-11)25-18-17(24)16(23)15(22)14(9-19)26-18/h2-8,14-19,21-24H,9H2,1H3/b4-2+,5-3+/t14-,15-,16+,17-,18-/m1/s1. The van der Waals surface area contributed by atoms with Crippen LogP contribution in [-0.2, 0) is 9.53 Å². The van der Waals surface area contributed by atoms with Crippen molar-refractivity contribution in [2.75, 3.05) is 6.61 Å². The fourth-order valence-corrected chi connectivity index (χ4v) is 2.39. The van der Waals surface area contributed by atoms with Gasteiger partial charge in [0, 0.05) is 0 Å². The summed E-state index contributed by atoms with van der Waals surface area (Å²) in [6.07, 6.45) is -0.839. The minimum Gasteiger partial charge on any atom is -0.504 e. The van der Waals surface area contributed by atoms with Gasteiger partial charge in [-0.15, -0.1) is 0 Å². The number of benzene rings is 1. The minimum atomic E-state index is -1.57. The van der Waals surface area contributed by atoms with E-state index >= 15 is 0 Å². The van der Waals surface area contributed by atoms with Crippen LogP contribution < -0.4 is 4.74 Å². The maximum absolute atomic E-state index is 10.8. The van der Waals surface area contributed by atoms with Gasteiger partial charge in [-0.1, -0.05) is 24.3 Å². The molecule has 142 valence electrons. The van der Waals surface area contributed by atoms with Gasteiger partial charge in [-0.3, -0.25) is 4.79 Å². The fraction of sp³-hybridized carbons (Fsp3) is 0.389. The van der Waals surface area contributed by atoms with Gasteiger partial charge in [0.2, 0.25) is 6.29 Å². The van der Waals surface area contributed by atoms with E-state index in [9.17, 15) is 25.2 Å². The quantitative estimate of drug-likeness (QED) is 0.343. The zero-order chi connectivity index (χ0) is 19.3. The number of aromatic hydroxyl groups is 1. The van der Waals surface area contributed by atoms with Gasteiger partial charge in [0.15, 0.2) is 17.3 Å². The molecule has 1 aromatic carbocycles. The first kappa shape index (κ1) is 20.1. The summed E-state index contributed by atoms with van der Waals surface area (Å²) < 4.78 is 10.6.